The van der Waals surface area contributed by atoms with Gasteiger partial charge < -0.3 is 0 Å². The highest BCUT2D eigenvalue weighted by atomic mass is 19.3. The minimum atomic E-state index is -3.77. The topological polar surface area (TPSA) is 34.1 Å². The SMILES string of the molecule is O=C1C=CCC(=O)C1(F)F. The molecule has 0 bridgehead atoms. The summed E-state index contributed by atoms with van der Waals surface area (Å²) in [4.78, 5) is 20.6. The van der Waals surface area contributed by atoms with Crippen molar-refractivity contribution in [2.24, 2.45) is 0 Å². The van der Waals surface area contributed by atoms with Gasteiger partial charge in [0, 0.05) is 6.42 Å². The summed E-state index contributed by atoms with van der Waals surface area (Å²) < 4.78 is 24.5. The lowest BCUT2D eigenvalue weighted by atomic mass is 10.0. The fraction of sp³-hybridized carbons (Fsp3) is 0.333. The zero-order valence-electron chi connectivity index (χ0n) is 4.93. The quantitative estimate of drug-likeness (QED) is 0.472. The zero-order chi connectivity index (χ0) is 7.78. The van der Waals surface area contributed by atoms with Gasteiger partial charge in [0.15, 0.2) is 0 Å². The van der Waals surface area contributed by atoms with Crippen molar-refractivity contribution >= 4 is 11.6 Å². The molecular formula is C6H4F2O2. The Morgan fingerprint density at radius 2 is 2.00 bits per heavy atom. The molecule has 1 rings (SSSR count). The van der Waals surface area contributed by atoms with Crippen LogP contribution in [0, 0.1) is 0 Å². The van der Waals surface area contributed by atoms with Gasteiger partial charge >= 0.3 is 5.92 Å². The van der Waals surface area contributed by atoms with Crippen LogP contribution in [0.3, 0.4) is 0 Å². The smallest absolute Gasteiger partial charge is 0.292 e. The van der Waals surface area contributed by atoms with Gasteiger partial charge in [0.1, 0.15) is 0 Å². The Morgan fingerprint density at radius 1 is 1.40 bits per heavy atom. The zero-order valence-corrected chi connectivity index (χ0v) is 4.93. The summed E-state index contributed by atoms with van der Waals surface area (Å²) in [7, 11) is 0. The molecular weight excluding hydrogens is 142 g/mol. The van der Waals surface area contributed by atoms with E-state index in [2.05, 4.69) is 0 Å². The van der Waals surface area contributed by atoms with Crippen molar-refractivity contribution in [3.63, 3.8) is 0 Å². The summed E-state index contributed by atoms with van der Waals surface area (Å²) >= 11 is 0. The molecule has 0 saturated carbocycles. The molecule has 0 aromatic heterocycles. The van der Waals surface area contributed by atoms with Crippen LogP contribution >= 0.6 is 0 Å². The van der Waals surface area contributed by atoms with Gasteiger partial charge in [0.05, 0.1) is 0 Å². The van der Waals surface area contributed by atoms with E-state index < -0.39 is 17.5 Å². The van der Waals surface area contributed by atoms with Crippen molar-refractivity contribution in [2.45, 2.75) is 12.3 Å². The second-order valence-electron chi connectivity index (χ2n) is 1.97. The first-order valence-electron chi connectivity index (χ1n) is 2.67. The third-order valence-corrected chi connectivity index (χ3v) is 1.23. The number of rotatable bonds is 0. The number of carbonyl (C=O) groups excluding carboxylic acids is 2. The lowest BCUT2D eigenvalue weighted by molar-refractivity contribution is -0.153. The molecule has 0 radical (unpaired) electrons. The Balaban J connectivity index is 3.00. The Labute approximate surface area is 55.5 Å². The molecule has 0 saturated heterocycles. The van der Waals surface area contributed by atoms with Crippen LogP contribution in [-0.4, -0.2) is 17.5 Å². The summed E-state index contributed by atoms with van der Waals surface area (Å²) in [6.07, 6.45) is 1.53. The third kappa shape index (κ3) is 0.853. The Kier molecular flexibility index (Phi) is 1.39. The first-order valence-corrected chi connectivity index (χ1v) is 2.67. The van der Waals surface area contributed by atoms with Crippen molar-refractivity contribution in [1.82, 2.24) is 0 Å². The summed E-state index contributed by atoms with van der Waals surface area (Å²) in [5.41, 5.74) is 0. The fourth-order valence-electron chi connectivity index (χ4n) is 0.643. The molecule has 1 aliphatic rings. The van der Waals surface area contributed by atoms with Gasteiger partial charge in [0.2, 0.25) is 11.6 Å². The molecule has 0 aromatic carbocycles. The minimum Gasteiger partial charge on any atom is -0.292 e. The first kappa shape index (κ1) is 7.05. The predicted molar refractivity (Wildman–Crippen MR) is 28.7 cm³/mol. The molecule has 4 heteroatoms. The maximum Gasteiger partial charge on any atom is 0.366 e. The summed E-state index contributed by atoms with van der Waals surface area (Å²) in [5.74, 6) is -6.50. The monoisotopic (exact) mass is 146 g/mol. The van der Waals surface area contributed by atoms with E-state index in [1.165, 1.54) is 0 Å². The summed E-state index contributed by atoms with van der Waals surface area (Å²) in [6, 6.07) is 0. The van der Waals surface area contributed by atoms with E-state index in [-0.39, 0.29) is 6.42 Å². The molecule has 0 unspecified atom stereocenters. The van der Waals surface area contributed by atoms with Crippen LogP contribution in [0.2, 0.25) is 0 Å². The van der Waals surface area contributed by atoms with Gasteiger partial charge in [-0.3, -0.25) is 9.59 Å². The van der Waals surface area contributed by atoms with E-state index in [1.807, 2.05) is 0 Å². The number of Topliss-reactive ketones (excluding diaryl/α,β-unsaturated/α-hetero) is 1. The van der Waals surface area contributed by atoms with E-state index >= 15 is 0 Å². The molecule has 2 nitrogen and oxygen atoms in total. The minimum absolute atomic E-state index is 0.348. The highest BCUT2D eigenvalue weighted by molar-refractivity contribution is 6.15. The van der Waals surface area contributed by atoms with Gasteiger partial charge in [-0.15, -0.1) is 0 Å². The maximum absolute atomic E-state index is 12.2. The van der Waals surface area contributed by atoms with Crippen molar-refractivity contribution in [3.05, 3.63) is 12.2 Å². The molecule has 0 spiro atoms. The molecule has 0 atom stereocenters. The van der Waals surface area contributed by atoms with Crippen molar-refractivity contribution in [3.8, 4) is 0 Å². The molecule has 0 aliphatic heterocycles. The van der Waals surface area contributed by atoms with Gasteiger partial charge in [0.25, 0.3) is 0 Å². The third-order valence-electron chi connectivity index (χ3n) is 1.23. The second-order valence-corrected chi connectivity index (χ2v) is 1.97. The molecule has 54 valence electrons. The van der Waals surface area contributed by atoms with E-state index in [9.17, 15) is 18.4 Å². The van der Waals surface area contributed by atoms with E-state index in [0.29, 0.717) is 0 Å². The number of halogens is 2. The average molecular weight is 146 g/mol. The van der Waals surface area contributed by atoms with Gasteiger partial charge in [-0.1, -0.05) is 6.08 Å². The Hall–Kier alpha value is -1.06. The number of hydrogen-bond acceptors (Lipinski definition) is 2. The fourth-order valence-corrected chi connectivity index (χ4v) is 0.643. The van der Waals surface area contributed by atoms with Crippen LogP contribution in [-0.2, 0) is 9.59 Å². The predicted octanol–water partition coefficient (Wildman–Crippen LogP) is 0.720. The average Bonchev–Trinajstić information content (AvgIpc) is 1.84. The molecule has 0 heterocycles. The number of allylic oxidation sites excluding steroid dienone is 2. The first-order chi connectivity index (χ1) is 4.55. The lowest BCUT2D eigenvalue weighted by Gasteiger charge is -2.12. The van der Waals surface area contributed by atoms with E-state index in [0.717, 1.165) is 12.2 Å². The maximum atomic E-state index is 12.2. The van der Waals surface area contributed by atoms with Crippen LogP contribution in [0.1, 0.15) is 6.42 Å². The normalized spacial score (nSPS) is 23.4. The number of ketones is 2. The van der Waals surface area contributed by atoms with Crippen LogP contribution in [0.25, 0.3) is 0 Å². The van der Waals surface area contributed by atoms with Crippen LogP contribution in [0.4, 0.5) is 8.78 Å². The highest BCUT2D eigenvalue weighted by Gasteiger charge is 2.45. The van der Waals surface area contributed by atoms with Crippen molar-refractivity contribution in [1.29, 1.82) is 0 Å². The van der Waals surface area contributed by atoms with Crippen molar-refractivity contribution in [2.75, 3.05) is 0 Å². The second kappa shape index (κ2) is 1.97. The molecule has 10 heavy (non-hydrogen) atoms. The van der Waals surface area contributed by atoms with Gasteiger partial charge in [-0.25, -0.2) is 0 Å². The molecule has 0 amide bonds. The highest BCUT2D eigenvalue weighted by Crippen LogP contribution is 2.22. The number of carbonyl (C=O) groups is 2. The van der Waals surface area contributed by atoms with Crippen LogP contribution in [0.5, 0.6) is 0 Å². The molecule has 0 N–H and O–H groups in total. The lowest BCUT2D eigenvalue weighted by Crippen LogP contribution is -2.38. The Bertz CT molecular complexity index is 218. The van der Waals surface area contributed by atoms with Crippen LogP contribution < -0.4 is 0 Å². The number of hydrogen-bond donors (Lipinski definition) is 0. The summed E-state index contributed by atoms with van der Waals surface area (Å²) in [6.45, 7) is 0. The van der Waals surface area contributed by atoms with Crippen molar-refractivity contribution < 1.29 is 18.4 Å². The molecule has 1 aliphatic carbocycles. The van der Waals surface area contributed by atoms with Gasteiger partial charge in [-0.2, -0.15) is 8.78 Å². The summed E-state index contributed by atoms with van der Waals surface area (Å²) in [5, 5.41) is 0. The molecule has 0 fully saturated rings. The molecule has 0 aromatic rings. The van der Waals surface area contributed by atoms with Crippen LogP contribution in [0.15, 0.2) is 12.2 Å². The largest absolute Gasteiger partial charge is 0.366 e. The number of alkyl halides is 2. The standard InChI is InChI=1S/C6H4F2O2/c7-6(8)4(9)2-1-3-5(6)10/h1-2H,3H2. The van der Waals surface area contributed by atoms with Gasteiger partial charge in [-0.05, 0) is 6.08 Å². The van der Waals surface area contributed by atoms with E-state index in [4.69, 9.17) is 0 Å². The Morgan fingerprint density at radius 3 is 2.40 bits per heavy atom. The van der Waals surface area contributed by atoms with E-state index in [1.54, 1.807) is 0 Å².